The van der Waals surface area contributed by atoms with E-state index >= 15 is 0 Å². The van der Waals surface area contributed by atoms with Gasteiger partial charge < -0.3 is 15.6 Å². The molecule has 2 atom stereocenters. The smallest absolute Gasteiger partial charge is 0.335 e. The Balaban J connectivity index is 2.07. The van der Waals surface area contributed by atoms with Crippen molar-refractivity contribution in [2.75, 3.05) is 6.61 Å². The highest BCUT2D eigenvalue weighted by Gasteiger charge is 2.21. The molecule has 3 rings (SSSR count). The van der Waals surface area contributed by atoms with Crippen LogP contribution in [0.2, 0.25) is 0 Å². The molecule has 0 unspecified atom stereocenters. The molecule has 0 spiro atoms. The molecule has 0 amide bonds. The summed E-state index contributed by atoms with van der Waals surface area (Å²) in [5, 5.41) is 10.7. The van der Waals surface area contributed by atoms with E-state index in [1.54, 1.807) is 24.3 Å². The summed E-state index contributed by atoms with van der Waals surface area (Å²) in [6.45, 7) is 2.21. The molecule has 1 aliphatic rings. The predicted molar refractivity (Wildman–Crippen MR) is 103 cm³/mol. The Bertz CT molecular complexity index is 947. The molecule has 0 saturated heterocycles. The minimum Gasteiger partial charge on any atom is -0.493 e. The zero-order chi connectivity index (χ0) is 19.4. The second kappa shape index (κ2) is 8.22. The zero-order valence-corrected chi connectivity index (χ0v) is 15.2. The molecule has 1 aromatic heterocycles. The molecule has 8 nitrogen and oxygen atoms in total. The van der Waals surface area contributed by atoms with Crippen molar-refractivity contribution in [1.82, 2.24) is 9.55 Å². The number of ether oxygens (including phenoxy) is 1. The van der Waals surface area contributed by atoms with Crippen LogP contribution in [0.3, 0.4) is 0 Å². The molecule has 2 aromatic rings. The Morgan fingerprint density at radius 2 is 2.07 bits per heavy atom. The summed E-state index contributed by atoms with van der Waals surface area (Å²) in [4.78, 5) is 31.2. The minimum atomic E-state index is -0.754. The summed E-state index contributed by atoms with van der Waals surface area (Å²) < 4.78 is 6.54. The Morgan fingerprint density at radius 1 is 1.33 bits per heavy atom. The van der Waals surface area contributed by atoms with E-state index in [9.17, 15) is 14.7 Å². The number of benzene rings is 1. The van der Waals surface area contributed by atoms with Crippen LogP contribution < -0.4 is 21.7 Å². The molecule has 1 heterocycles. The summed E-state index contributed by atoms with van der Waals surface area (Å²) in [7, 11) is 0. The van der Waals surface area contributed by atoms with Gasteiger partial charge in [-0.2, -0.15) is 0 Å². The molecular formula is C19H24N4O4. The van der Waals surface area contributed by atoms with E-state index < -0.39 is 17.1 Å². The van der Waals surface area contributed by atoms with Crippen molar-refractivity contribution < 1.29 is 9.84 Å². The van der Waals surface area contributed by atoms with Crippen molar-refractivity contribution in [3.05, 3.63) is 50.7 Å². The van der Waals surface area contributed by atoms with Crippen LogP contribution in [0, 0.1) is 0 Å². The summed E-state index contributed by atoms with van der Waals surface area (Å²) in [5.41, 5.74) is 4.88. The molecule has 1 aromatic carbocycles. The molecule has 144 valence electrons. The van der Waals surface area contributed by atoms with Crippen molar-refractivity contribution in [1.29, 1.82) is 0 Å². The normalized spacial score (nSPS) is 20.1. The lowest BCUT2D eigenvalue weighted by atomic mass is 9.91. The van der Waals surface area contributed by atoms with Crippen molar-refractivity contribution in [3.63, 3.8) is 0 Å². The first-order valence-electron chi connectivity index (χ1n) is 9.12. The number of nitrogens with zero attached hydrogens (tertiary/aromatic N) is 2. The first kappa shape index (κ1) is 18.9. The van der Waals surface area contributed by atoms with E-state index in [2.05, 4.69) is 9.98 Å². The molecule has 1 aliphatic carbocycles. The number of aromatic amines is 1. The lowest BCUT2D eigenvalue weighted by molar-refractivity contribution is 0.336. The van der Waals surface area contributed by atoms with Crippen molar-refractivity contribution >= 4 is 6.21 Å². The van der Waals surface area contributed by atoms with Crippen LogP contribution in [-0.4, -0.2) is 39.6 Å². The summed E-state index contributed by atoms with van der Waals surface area (Å²) in [6, 6.07) is 6.61. The van der Waals surface area contributed by atoms with Gasteiger partial charge in [0.15, 0.2) is 0 Å². The highest BCUT2D eigenvalue weighted by atomic mass is 16.5. The van der Waals surface area contributed by atoms with Gasteiger partial charge in [-0.05, 0) is 31.9 Å². The maximum absolute atomic E-state index is 12.4. The minimum absolute atomic E-state index is 0.0687. The topological polar surface area (TPSA) is 123 Å². The fourth-order valence-corrected chi connectivity index (χ4v) is 3.29. The number of hydrogen-bond donors (Lipinski definition) is 3. The van der Waals surface area contributed by atoms with Crippen molar-refractivity contribution in [2.45, 2.75) is 44.7 Å². The van der Waals surface area contributed by atoms with Crippen LogP contribution in [0.15, 0.2) is 38.8 Å². The van der Waals surface area contributed by atoms with Crippen molar-refractivity contribution in [3.8, 4) is 17.3 Å². The van der Waals surface area contributed by atoms with Crippen LogP contribution in [0.25, 0.3) is 5.69 Å². The fraction of sp³-hybridized carbons (Fsp3) is 0.421. The maximum Gasteiger partial charge on any atom is 0.335 e. The molecular weight excluding hydrogens is 348 g/mol. The Hall–Kier alpha value is -2.87. The van der Waals surface area contributed by atoms with E-state index in [0.29, 0.717) is 18.0 Å². The van der Waals surface area contributed by atoms with E-state index in [0.717, 1.165) is 30.3 Å². The predicted octanol–water partition coefficient (Wildman–Crippen LogP) is 1.32. The number of para-hydroxylation sites is 2. The van der Waals surface area contributed by atoms with Crippen LogP contribution in [0.1, 0.15) is 38.2 Å². The number of nitrogens with one attached hydrogen (secondary N) is 1. The van der Waals surface area contributed by atoms with Gasteiger partial charge in [-0.3, -0.25) is 14.8 Å². The van der Waals surface area contributed by atoms with Gasteiger partial charge in [0.05, 0.1) is 18.3 Å². The van der Waals surface area contributed by atoms with Gasteiger partial charge in [0.25, 0.3) is 5.56 Å². The van der Waals surface area contributed by atoms with Gasteiger partial charge in [-0.1, -0.05) is 25.0 Å². The monoisotopic (exact) mass is 372 g/mol. The maximum atomic E-state index is 12.4. The lowest BCUT2D eigenvalue weighted by Crippen LogP contribution is -2.36. The quantitative estimate of drug-likeness (QED) is 0.683. The molecule has 4 N–H and O–H groups in total. The van der Waals surface area contributed by atoms with Crippen LogP contribution in [-0.2, 0) is 0 Å². The SMILES string of the molecule is CCOc1ccccc1-n1c(O)c(C=N[C@@H]2CCCC[C@@H]2N)c(=O)[nH]c1=O. The second-order valence-corrected chi connectivity index (χ2v) is 6.53. The fourth-order valence-electron chi connectivity index (χ4n) is 3.29. The van der Waals surface area contributed by atoms with Crippen LogP contribution >= 0.6 is 0 Å². The summed E-state index contributed by atoms with van der Waals surface area (Å²) in [5.74, 6) is -0.0642. The highest BCUT2D eigenvalue weighted by molar-refractivity contribution is 5.82. The average molecular weight is 372 g/mol. The number of aromatic nitrogens is 2. The van der Waals surface area contributed by atoms with E-state index in [-0.39, 0.29) is 17.6 Å². The molecule has 0 bridgehead atoms. The average Bonchev–Trinajstić information content (AvgIpc) is 2.64. The van der Waals surface area contributed by atoms with E-state index in [1.165, 1.54) is 6.21 Å². The Kier molecular flexibility index (Phi) is 5.75. The summed E-state index contributed by atoms with van der Waals surface area (Å²) in [6.07, 6.45) is 5.12. The number of aromatic hydroxyl groups is 1. The van der Waals surface area contributed by atoms with Gasteiger partial charge >= 0.3 is 5.69 Å². The van der Waals surface area contributed by atoms with Gasteiger partial charge in [-0.25, -0.2) is 9.36 Å². The second-order valence-electron chi connectivity index (χ2n) is 6.53. The molecule has 1 fully saturated rings. The molecule has 1 saturated carbocycles. The van der Waals surface area contributed by atoms with E-state index in [1.807, 2.05) is 6.92 Å². The third kappa shape index (κ3) is 3.95. The molecule has 27 heavy (non-hydrogen) atoms. The van der Waals surface area contributed by atoms with Gasteiger partial charge in [0.2, 0.25) is 5.88 Å². The number of rotatable bonds is 5. The number of nitrogens with two attached hydrogens (primary N) is 1. The Labute approximate surface area is 156 Å². The lowest BCUT2D eigenvalue weighted by Gasteiger charge is -2.25. The van der Waals surface area contributed by atoms with Gasteiger partial charge in [0, 0.05) is 12.3 Å². The first-order chi connectivity index (χ1) is 13.0. The standard InChI is InChI=1S/C19H24N4O4/c1-2-27-16-10-6-5-9-15(16)23-18(25)12(17(24)22-19(23)26)11-21-14-8-4-3-7-13(14)20/h5-6,9-11,13-14,25H,2-4,7-8,20H2,1H3,(H,22,24,26)/t13-,14+/m0/s1. The number of H-pyrrole nitrogens is 1. The number of hydrogen-bond acceptors (Lipinski definition) is 6. The number of aliphatic imine (C=N–C) groups is 1. The van der Waals surface area contributed by atoms with Crippen LogP contribution in [0.5, 0.6) is 11.6 Å². The zero-order valence-electron chi connectivity index (χ0n) is 15.2. The largest absolute Gasteiger partial charge is 0.493 e. The highest BCUT2D eigenvalue weighted by Crippen LogP contribution is 2.25. The first-order valence-corrected chi connectivity index (χ1v) is 9.12. The third-order valence-corrected chi connectivity index (χ3v) is 4.70. The molecule has 0 aliphatic heterocycles. The third-order valence-electron chi connectivity index (χ3n) is 4.70. The summed E-state index contributed by atoms with van der Waals surface area (Å²) >= 11 is 0. The Morgan fingerprint density at radius 3 is 2.81 bits per heavy atom. The van der Waals surface area contributed by atoms with Gasteiger partial charge in [-0.15, -0.1) is 0 Å². The van der Waals surface area contributed by atoms with E-state index in [4.69, 9.17) is 10.5 Å². The van der Waals surface area contributed by atoms with Crippen molar-refractivity contribution in [2.24, 2.45) is 10.7 Å². The van der Waals surface area contributed by atoms with Gasteiger partial charge in [0.1, 0.15) is 11.3 Å². The molecule has 8 heteroatoms. The van der Waals surface area contributed by atoms with Crippen LogP contribution in [0.4, 0.5) is 0 Å². The molecule has 0 radical (unpaired) electrons.